The number of rotatable bonds is 3. The fourth-order valence-electron chi connectivity index (χ4n) is 2.05. The molecule has 1 heterocycles. The van der Waals surface area contributed by atoms with Gasteiger partial charge in [-0.2, -0.15) is 13.2 Å². The van der Waals surface area contributed by atoms with Crippen molar-refractivity contribution in [3.8, 4) is 0 Å². The smallest absolute Gasteiger partial charge is 0.348 e. The molecule has 8 heteroatoms. The molecular weight excluding hydrogens is 325 g/mol. The summed E-state index contributed by atoms with van der Waals surface area (Å²) in [5, 5.41) is 6.06. The molecule has 1 amide bonds. The van der Waals surface area contributed by atoms with E-state index in [0.29, 0.717) is 5.56 Å². The number of piperidine rings is 1. The van der Waals surface area contributed by atoms with Gasteiger partial charge >= 0.3 is 5.51 Å². The van der Waals surface area contributed by atoms with Gasteiger partial charge in [0.1, 0.15) is 0 Å². The molecule has 118 valence electrons. The number of carbonyl (C=O) groups excluding carboxylic acids is 1. The first kappa shape index (κ1) is 18.1. The van der Waals surface area contributed by atoms with E-state index >= 15 is 0 Å². The van der Waals surface area contributed by atoms with Crippen LogP contribution in [0.1, 0.15) is 23.2 Å². The van der Waals surface area contributed by atoms with Crippen LogP contribution < -0.4 is 10.6 Å². The van der Waals surface area contributed by atoms with Crippen LogP contribution in [-0.4, -0.2) is 30.5 Å². The Kier molecular flexibility index (Phi) is 6.83. The predicted molar refractivity (Wildman–Crippen MR) is 79.0 cm³/mol. The van der Waals surface area contributed by atoms with Crippen molar-refractivity contribution in [3.63, 3.8) is 0 Å². The van der Waals surface area contributed by atoms with Crippen LogP contribution in [0.4, 0.5) is 13.2 Å². The number of amides is 1. The lowest BCUT2D eigenvalue weighted by atomic mass is 10.1. The lowest BCUT2D eigenvalue weighted by molar-refractivity contribution is -0.0328. The molecule has 2 N–H and O–H groups in total. The minimum Gasteiger partial charge on any atom is -0.348 e. The van der Waals surface area contributed by atoms with Crippen molar-refractivity contribution in [2.24, 2.45) is 0 Å². The van der Waals surface area contributed by atoms with Gasteiger partial charge in [0, 0.05) is 23.0 Å². The van der Waals surface area contributed by atoms with E-state index in [4.69, 9.17) is 0 Å². The van der Waals surface area contributed by atoms with Gasteiger partial charge in [-0.1, -0.05) is 0 Å². The molecule has 1 aliphatic heterocycles. The zero-order valence-electron chi connectivity index (χ0n) is 11.1. The Morgan fingerprint density at radius 3 is 2.48 bits per heavy atom. The quantitative estimate of drug-likeness (QED) is 0.830. The molecule has 0 aromatic heterocycles. The lowest BCUT2D eigenvalue weighted by Gasteiger charge is -2.23. The van der Waals surface area contributed by atoms with Gasteiger partial charge in [0.25, 0.3) is 5.91 Å². The van der Waals surface area contributed by atoms with Gasteiger partial charge in [-0.15, -0.1) is 12.4 Å². The largest absolute Gasteiger partial charge is 0.446 e. The topological polar surface area (TPSA) is 41.1 Å². The Balaban J connectivity index is 0.00000220. The number of hydrogen-bond acceptors (Lipinski definition) is 3. The molecule has 2 rings (SSSR count). The Morgan fingerprint density at radius 2 is 1.95 bits per heavy atom. The van der Waals surface area contributed by atoms with Crippen molar-refractivity contribution >= 4 is 30.1 Å². The highest BCUT2D eigenvalue weighted by atomic mass is 35.5. The van der Waals surface area contributed by atoms with Crippen LogP contribution in [0, 0.1) is 0 Å². The lowest BCUT2D eigenvalue weighted by Crippen LogP contribution is -2.45. The van der Waals surface area contributed by atoms with Crippen molar-refractivity contribution in [2.75, 3.05) is 13.1 Å². The highest BCUT2D eigenvalue weighted by molar-refractivity contribution is 8.00. The molecule has 1 aliphatic rings. The zero-order valence-corrected chi connectivity index (χ0v) is 12.7. The van der Waals surface area contributed by atoms with Gasteiger partial charge in [0.15, 0.2) is 0 Å². The van der Waals surface area contributed by atoms with E-state index in [1.165, 1.54) is 24.3 Å². The molecule has 1 unspecified atom stereocenters. The molecule has 0 bridgehead atoms. The number of nitrogens with one attached hydrogen (secondary N) is 2. The van der Waals surface area contributed by atoms with E-state index in [9.17, 15) is 18.0 Å². The zero-order chi connectivity index (χ0) is 14.6. The molecule has 1 saturated heterocycles. The highest BCUT2D eigenvalue weighted by Gasteiger charge is 2.29. The number of alkyl halides is 3. The van der Waals surface area contributed by atoms with Crippen LogP contribution in [-0.2, 0) is 0 Å². The Morgan fingerprint density at radius 1 is 1.29 bits per heavy atom. The van der Waals surface area contributed by atoms with E-state index in [0.717, 1.165) is 25.9 Å². The SMILES string of the molecule is Cl.O=C(NC1CCCNC1)c1ccc(SC(F)(F)F)cc1. The Hall–Kier alpha value is -0.920. The summed E-state index contributed by atoms with van der Waals surface area (Å²) in [6, 6.07) is 5.54. The van der Waals surface area contributed by atoms with E-state index in [1.54, 1.807) is 0 Å². The monoisotopic (exact) mass is 340 g/mol. The summed E-state index contributed by atoms with van der Waals surface area (Å²) in [4.78, 5) is 12.0. The summed E-state index contributed by atoms with van der Waals surface area (Å²) < 4.78 is 36.6. The van der Waals surface area contributed by atoms with E-state index in [2.05, 4.69) is 10.6 Å². The summed E-state index contributed by atoms with van der Waals surface area (Å²) in [5.41, 5.74) is -3.93. The second kappa shape index (κ2) is 7.91. The minimum absolute atomic E-state index is 0. The minimum atomic E-state index is -4.31. The molecule has 0 aliphatic carbocycles. The average molecular weight is 341 g/mol. The van der Waals surface area contributed by atoms with Gasteiger partial charge in [-0.25, -0.2) is 0 Å². The van der Waals surface area contributed by atoms with E-state index < -0.39 is 5.51 Å². The summed E-state index contributed by atoms with van der Waals surface area (Å²) in [7, 11) is 0. The van der Waals surface area contributed by atoms with Gasteiger partial charge in [-0.05, 0) is 55.4 Å². The number of hydrogen-bond donors (Lipinski definition) is 2. The molecule has 1 fully saturated rings. The van der Waals surface area contributed by atoms with E-state index in [-0.39, 0.29) is 41.0 Å². The van der Waals surface area contributed by atoms with Crippen LogP contribution in [0.3, 0.4) is 0 Å². The maximum atomic E-state index is 12.2. The maximum absolute atomic E-state index is 12.2. The molecule has 1 aromatic carbocycles. The van der Waals surface area contributed by atoms with E-state index in [1.807, 2.05) is 0 Å². The Labute approximate surface area is 131 Å². The molecule has 0 radical (unpaired) electrons. The maximum Gasteiger partial charge on any atom is 0.446 e. The molecule has 0 saturated carbocycles. The van der Waals surface area contributed by atoms with Crippen molar-refractivity contribution in [1.82, 2.24) is 10.6 Å². The van der Waals surface area contributed by atoms with Crippen LogP contribution >= 0.6 is 24.2 Å². The summed E-state index contributed by atoms with van der Waals surface area (Å²) in [6.07, 6.45) is 1.92. The number of benzene rings is 1. The molecule has 1 atom stereocenters. The molecule has 21 heavy (non-hydrogen) atoms. The van der Waals surface area contributed by atoms with Gasteiger partial charge < -0.3 is 10.6 Å². The van der Waals surface area contributed by atoms with Crippen molar-refractivity contribution in [2.45, 2.75) is 29.3 Å². The summed E-state index contributed by atoms with van der Waals surface area (Å²) in [5.74, 6) is -0.248. The Bertz CT molecular complexity index is 461. The van der Waals surface area contributed by atoms with Crippen LogP contribution in [0.5, 0.6) is 0 Å². The third-order valence-corrected chi connectivity index (χ3v) is 3.72. The van der Waals surface area contributed by atoms with Crippen molar-refractivity contribution in [1.29, 1.82) is 0 Å². The molecular formula is C13H16ClF3N2OS. The first-order valence-electron chi connectivity index (χ1n) is 6.31. The first-order chi connectivity index (χ1) is 9.44. The van der Waals surface area contributed by atoms with Crippen molar-refractivity contribution in [3.05, 3.63) is 29.8 Å². The summed E-state index contributed by atoms with van der Waals surface area (Å²) in [6.45, 7) is 1.68. The van der Waals surface area contributed by atoms with Crippen molar-refractivity contribution < 1.29 is 18.0 Å². The third-order valence-electron chi connectivity index (χ3n) is 2.98. The standard InChI is InChI=1S/C13H15F3N2OS.ClH/c14-13(15,16)20-11-5-3-9(4-6-11)12(19)18-10-2-1-7-17-8-10;/h3-6,10,17H,1-2,7-8H2,(H,18,19);1H. The fraction of sp³-hybridized carbons (Fsp3) is 0.462. The second-order valence-corrected chi connectivity index (χ2v) is 5.73. The fourth-order valence-corrected chi connectivity index (χ4v) is 2.59. The molecule has 3 nitrogen and oxygen atoms in total. The number of halogens is 4. The second-order valence-electron chi connectivity index (χ2n) is 4.59. The van der Waals surface area contributed by atoms with Gasteiger partial charge in [0.2, 0.25) is 0 Å². The van der Waals surface area contributed by atoms with Crippen LogP contribution in [0.25, 0.3) is 0 Å². The predicted octanol–water partition coefficient (Wildman–Crippen LogP) is 3.20. The molecule has 0 spiro atoms. The number of thioether (sulfide) groups is 1. The normalized spacial score (nSPS) is 18.7. The van der Waals surface area contributed by atoms with Gasteiger partial charge in [-0.3, -0.25) is 4.79 Å². The summed E-state index contributed by atoms with van der Waals surface area (Å²) >= 11 is -0.185. The number of carbonyl (C=O) groups is 1. The van der Waals surface area contributed by atoms with Crippen LogP contribution in [0.15, 0.2) is 29.2 Å². The molecule has 1 aromatic rings. The van der Waals surface area contributed by atoms with Crippen LogP contribution in [0.2, 0.25) is 0 Å². The highest BCUT2D eigenvalue weighted by Crippen LogP contribution is 2.36. The third kappa shape index (κ3) is 6.15. The first-order valence-corrected chi connectivity index (χ1v) is 7.13. The average Bonchev–Trinajstić information content (AvgIpc) is 2.39. The van der Waals surface area contributed by atoms with Gasteiger partial charge in [0.05, 0.1) is 0 Å².